The Labute approximate surface area is 120 Å². The molecule has 3 N–H and O–H groups in total. The van der Waals surface area contributed by atoms with Crippen LogP contribution < -0.4 is 0 Å². The van der Waals surface area contributed by atoms with Gasteiger partial charge in [0.1, 0.15) is 5.60 Å². The van der Waals surface area contributed by atoms with Crippen LogP contribution in [0.5, 0.6) is 0 Å². The van der Waals surface area contributed by atoms with Gasteiger partial charge in [-0.2, -0.15) is 0 Å². The maximum atomic E-state index is 11.7. The third kappa shape index (κ3) is 4.89. The van der Waals surface area contributed by atoms with E-state index in [9.17, 15) is 20.1 Å². The van der Waals surface area contributed by atoms with Gasteiger partial charge in [-0.15, -0.1) is 0 Å². The zero-order chi connectivity index (χ0) is 15.4. The fraction of sp³-hybridized carbons (Fsp3) is 0.800. The standard InChI is InChI=1S/C15H26O5/c1-11(2)13(18)20-14(3,7-8-16)10-15(19)6-4-5-12(17)9-15/h12,16-17,19H,1,4-10H2,2-3H3. The van der Waals surface area contributed by atoms with Crippen molar-refractivity contribution < 1.29 is 24.9 Å². The van der Waals surface area contributed by atoms with Crippen molar-refractivity contribution in [3.8, 4) is 0 Å². The van der Waals surface area contributed by atoms with Crippen molar-refractivity contribution in [2.45, 2.75) is 69.7 Å². The molecular weight excluding hydrogens is 260 g/mol. The molecule has 5 heteroatoms. The van der Waals surface area contributed by atoms with Crippen LogP contribution in [0.1, 0.15) is 52.4 Å². The Morgan fingerprint density at radius 3 is 2.70 bits per heavy atom. The summed E-state index contributed by atoms with van der Waals surface area (Å²) in [6.07, 6.45) is 2.19. The summed E-state index contributed by atoms with van der Waals surface area (Å²) >= 11 is 0. The summed E-state index contributed by atoms with van der Waals surface area (Å²) in [5.41, 5.74) is -1.74. The maximum absolute atomic E-state index is 11.7. The Morgan fingerprint density at radius 2 is 2.20 bits per heavy atom. The van der Waals surface area contributed by atoms with Gasteiger partial charge in [0.25, 0.3) is 0 Å². The van der Waals surface area contributed by atoms with Crippen LogP contribution in [0.3, 0.4) is 0 Å². The van der Waals surface area contributed by atoms with Gasteiger partial charge in [0.05, 0.1) is 11.7 Å². The summed E-state index contributed by atoms with van der Waals surface area (Å²) in [4.78, 5) is 11.7. The van der Waals surface area contributed by atoms with Gasteiger partial charge in [0.15, 0.2) is 0 Å². The van der Waals surface area contributed by atoms with Crippen LogP contribution in [0.4, 0.5) is 0 Å². The zero-order valence-electron chi connectivity index (χ0n) is 12.4. The Balaban J connectivity index is 2.79. The van der Waals surface area contributed by atoms with Crippen molar-refractivity contribution in [2.75, 3.05) is 6.61 Å². The first kappa shape index (κ1) is 17.1. The molecule has 0 heterocycles. The molecule has 1 saturated carbocycles. The molecule has 0 aromatic carbocycles. The van der Waals surface area contributed by atoms with Crippen LogP contribution in [0.25, 0.3) is 0 Å². The average Bonchev–Trinajstić information content (AvgIpc) is 2.26. The van der Waals surface area contributed by atoms with Crippen molar-refractivity contribution in [1.82, 2.24) is 0 Å². The number of aliphatic hydroxyl groups is 3. The van der Waals surface area contributed by atoms with Gasteiger partial charge in [-0.25, -0.2) is 4.79 Å². The van der Waals surface area contributed by atoms with Gasteiger partial charge < -0.3 is 20.1 Å². The lowest BCUT2D eigenvalue weighted by molar-refractivity contribution is -0.165. The van der Waals surface area contributed by atoms with Crippen LogP contribution in [-0.2, 0) is 9.53 Å². The minimum Gasteiger partial charge on any atom is -0.456 e. The third-order valence-corrected chi connectivity index (χ3v) is 3.83. The lowest BCUT2D eigenvalue weighted by atomic mass is 9.75. The Kier molecular flexibility index (Phi) is 5.74. The number of rotatable bonds is 6. The number of carbonyl (C=O) groups excluding carboxylic acids is 1. The van der Waals surface area contributed by atoms with Crippen molar-refractivity contribution in [3.63, 3.8) is 0 Å². The molecule has 0 radical (unpaired) electrons. The number of hydrogen-bond donors (Lipinski definition) is 3. The highest BCUT2D eigenvalue weighted by molar-refractivity contribution is 5.87. The molecule has 3 unspecified atom stereocenters. The third-order valence-electron chi connectivity index (χ3n) is 3.83. The monoisotopic (exact) mass is 286 g/mol. The minimum absolute atomic E-state index is 0.140. The second-order valence-electron chi connectivity index (χ2n) is 6.24. The Morgan fingerprint density at radius 1 is 1.55 bits per heavy atom. The molecule has 3 atom stereocenters. The first-order valence-electron chi connectivity index (χ1n) is 7.10. The fourth-order valence-electron chi connectivity index (χ4n) is 2.89. The van der Waals surface area contributed by atoms with Crippen molar-refractivity contribution in [3.05, 3.63) is 12.2 Å². The largest absolute Gasteiger partial charge is 0.456 e. The minimum atomic E-state index is -1.06. The number of hydrogen-bond acceptors (Lipinski definition) is 5. The van der Waals surface area contributed by atoms with Gasteiger partial charge >= 0.3 is 5.97 Å². The van der Waals surface area contributed by atoms with Gasteiger partial charge in [-0.3, -0.25) is 0 Å². The molecule has 1 aliphatic rings. The maximum Gasteiger partial charge on any atom is 0.333 e. The van der Waals surface area contributed by atoms with E-state index >= 15 is 0 Å². The molecule has 0 aromatic heterocycles. The summed E-state index contributed by atoms with van der Waals surface area (Å²) in [6, 6.07) is 0. The lowest BCUT2D eigenvalue weighted by Crippen LogP contribution is -2.46. The van der Waals surface area contributed by atoms with Crippen molar-refractivity contribution in [1.29, 1.82) is 0 Å². The molecule has 0 bridgehead atoms. The summed E-state index contributed by atoms with van der Waals surface area (Å²) in [5, 5.41) is 29.5. The van der Waals surface area contributed by atoms with Crippen LogP contribution in [0.15, 0.2) is 12.2 Å². The molecular formula is C15H26O5. The van der Waals surface area contributed by atoms with E-state index in [1.165, 1.54) is 0 Å². The normalized spacial score (nSPS) is 29.6. The first-order valence-corrected chi connectivity index (χ1v) is 7.10. The van der Waals surface area contributed by atoms with Gasteiger partial charge in [0.2, 0.25) is 0 Å². The molecule has 0 saturated heterocycles. The van der Waals surface area contributed by atoms with E-state index in [2.05, 4.69) is 6.58 Å². The van der Waals surface area contributed by atoms with Crippen LogP contribution in [0.2, 0.25) is 0 Å². The zero-order valence-corrected chi connectivity index (χ0v) is 12.4. The highest BCUT2D eigenvalue weighted by Gasteiger charge is 2.42. The smallest absolute Gasteiger partial charge is 0.333 e. The molecule has 20 heavy (non-hydrogen) atoms. The second-order valence-corrected chi connectivity index (χ2v) is 6.24. The van der Waals surface area contributed by atoms with Gasteiger partial charge in [-0.1, -0.05) is 6.58 Å². The number of aliphatic hydroxyl groups excluding tert-OH is 2. The summed E-state index contributed by atoms with van der Waals surface area (Å²) < 4.78 is 5.40. The molecule has 1 fully saturated rings. The summed E-state index contributed by atoms with van der Waals surface area (Å²) in [6.45, 7) is 6.65. The van der Waals surface area contributed by atoms with E-state index in [0.29, 0.717) is 12.8 Å². The molecule has 0 aromatic rings. The van der Waals surface area contributed by atoms with E-state index in [4.69, 9.17) is 4.74 Å². The molecule has 0 amide bonds. The molecule has 1 rings (SSSR count). The first-order chi connectivity index (χ1) is 9.20. The van der Waals surface area contributed by atoms with Crippen LogP contribution in [-0.4, -0.2) is 45.2 Å². The molecule has 116 valence electrons. The molecule has 0 aliphatic heterocycles. The van der Waals surface area contributed by atoms with Crippen LogP contribution >= 0.6 is 0 Å². The predicted octanol–water partition coefficient (Wildman–Crippen LogP) is 1.30. The van der Waals surface area contributed by atoms with E-state index in [1.807, 2.05) is 0 Å². The van der Waals surface area contributed by atoms with Crippen molar-refractivity contribution >= 4 is 5.97 Å². The number of ether oxygens (including phenoxy) is 1. The average molecular weight is 286 g/mol. The highest BCUT2D eigenvalue weighted by atomic mass is 16.6. The van der Waals surface area contributed by atoms with E-state index < -0.39 is 23.3 Å². The van der Waals surface area contributed by atoms with E-state index in [-0.39, 0.29) is 31.4 Å². The van der Waals surface area contributed by atoms with E-state index in [1.54, 1.807) is 13.8 Å². The fourth-order valence-corrected chi connectivity index (χ4v) is 2.89. The van der Waals surface area contributed by atoms with Crippen molar-refractivity contribution in [2.24, 2.45) is 0 Å². The predicted molar refractivity (Wildman–Crippen MR) is 75.1 cm³/mol. The second kappa shape index (κ2) is 6.70. The summed E-state index contributed by atoms with van der Waals surface area (Å²) in [7, 11) is 0. The van der Waals surface area contributed by atoms with E-state index in [0.717, 1.165) is 6.42 Å². The Bertz CT molecular complexity index is 367. The van der Waals surface area contributed by atoms with Gasteiger partial charge in [-0.05, 0) is 33.1 Å². The lowest BCUT2D eigenvalue weighted by Gasteiger charge is -2.41. The Hall–Kier alpha value is -0.910. The summed E-state index contributed by atoms with van der Waals surface area (Å²) in [5.74, 6) is -0.527. The quantitative estimate of drug-likeness (QED) is 0.506. The van der Waals surface area contributed by atoms with Crippen LogP contribution in [0, 0.1) is 0 Å². The number of carbonyl (C=O) groups is 1. The molecule has 5 nitrogen and oxygen atoms in total. The van der Waals surface area contributed by atoms with Gasteiger partial charge in [0, 0.05) is 31.4 Å². The SMILES string of the molecule is C=C(C)C(=O)OC(C)(CCO)CC1(O)CCCC(O)C1. The molecule has 0 spiro atoms. The highest BCUT2D eigenvalue weighted by Crippen LogP contribution is 2.37. The molecule has 1 aliphatic carbocycles. The number of esters is 1. The topological polar surface area (TPSA) is 87.0 Å².